The van der Waals surface area contributed by atoms with Gasteiger partial charge in [-0.1, -0.05) is 6.92 Å². The van der Waals surface area contributed by atoms with Crippen molar-refractivity contribution in [2.24, 2.45) is 0 Å². The Hall–Kier alpha value is -1.05. The molecule has 0 aromatic carbocycles. The van der Waals surface area contributed by atoms with Gasteiger partial charge in [0.15, 0.2) is 0 Å². The molecule has 1 heterocycles. The molecule has 0 saturated heterocycles. The molecule has 0 amide bonds. The highest BCUT2D eigenvalue weighted by Gasteiger charge is 1.95. The highest BCUT2D eigenvalue weighted by molar-refractivity contribution is 6.16. The van der Waals surface area contributed by atoms with Gasteiger partial charge in [0.05, 0.1) is 5.88 Å². The Morgan fingerprint density at radius 1 is 1.42 bits per heavy atom. The van der Waals surface area contributed by atoms with Gasteiger partial charge in [-0.05, 0) is 12.1 Å². The first-order valence-electron chi connectivity index (χ1n) is 3.41. The fourth-order valence-electron chi connectivity index (χ4n) is 0.684. The number of rotatable bonds is 2. The first-order chi connectivity index (χ1) is 5.78. The van der Waals surface area contributed by atoms with Crippen LogP contribution in [0.2, 0.25) is 0 Å². The third-order valence-corrected chi connectivity index (χ3v) is 1.46. The van der Waals surface area contributed by atoms with E-state index in [9.17, 15) is 0 Å². The van der Waals surface area contributed by atoms with Gasteiger partial charge in [0, 0.05) is 6.42 Å². The van der Waals surface area contributed by atoms with Crippen LogP contribution in [0.3, 0.4) is 0 Å². The van der Waals surface area contributed by atoms with Crippen LogP contribution >= 0.6 is 11.6 Å². The quantitative estimate of drug-likeness (QED) is 0.667. The molecule has 12 heavy (non-hydrogen) atoms. The molecule has 1 aromatic rings. The van der Waals surface area contributed by atoms with Gasteiger partial charge < -0.3 is 4.42 Å². The van der Waals surface area contributed by atoms with E-state index in [4.69, 9.17) is 25.6 Å². The molecule has 0 saturated carbocycles. The zero-order chi connectivity index (χ0) is 9.40. The smallest absolute Gasteiger partial charge is 0.373 e. The second kappa shape index (κ2) is 6.65. The lowest BCUT2D eigenvalue weighted by molar-refractivity contribution is -0.191. The summed E-state index contributed by atoms with van der Waals surface area (Å²) in [5.74, 6) is 2.33. The van der Waals surface area contributed by atoms with Crippen molar-refractivity contribution in [3.63, 3.8) is 0 Å². The van der Waals surface area contributed by atoms with Crippen LogP contribution in [0.1, 0.15) is 18.4 Å². The average molecular weight is 189 g/mol. The van der Waals surface area contributed by atoms with Crippen LogP contribution in [0.15, 0.2) is 16.5 Å². The molecule has 0 radical (unpaired) electrons. The Labute approximate surface area is 75.3 Å². The topological polar surface area (TPSA) is 47.3 Å². The number of hydrogen-bond acceptors (Lipinski definition) is 3. The van der Waals surface area contributed by atoms with E-state index in [1.165, 1.54) is 0 Å². The molecule has 4 heteroatoms. The summed E-state index contributed by atoms with van der Waals surface area (Å²) in [5.41, 5.74) is 0. The third-order valence-electron chi connectivity index (χ3n) is 1.20. The van der Waals surface area contributed by atoms with Crippen molar-refractivity contribution in [3.05, 3.63) is 23.7 Å². The van der Waals surface area contributed by atoms with Crippen LogP contribution in [0.5, 0.6) is 0 Å². The van der Waals surface area contributed by atoms with Gasteiger partial charge >= 0.3 is 6.15 Å². The van der Waals surface area contributed by atoms with Crippen molar-refractivity contribution in [2.45, 2.75) is 19.2 Å². The van der Waals surface area contributed by atoms with Gasteiger partial charge in [-0.15, -0.1) is 11.6 Å². The Balaban J connectivity index is 0.000000354. The standard InChI is InChI=1S/C7H9ClO.CO2/c1-2-6-3-4-7(5-8)9-6;2-1-3/h3-4H,2,5H2,1H3;. The number of furan rings is 1. The first kappa shape index (κ1) is 11.0. The summed E-state index contributed by atoms with van der Waals surface area (Å²) < 4.78 is 5.25. The monoisotopic (exact) mass is 188 g/mol. The highest BCUT2D eigenvalue weighted by Crippen LogP contribution is 2.09. The largest absolute Gasteiger partial charge is 0.465 e. The van der Waals surface area contributed by atoms with Crippen LogP contribution < -0.4 is 0 Å². The van der Waals surface area contributed by atoms with Crippen LogP contribution in [0.4, 0.5) is 0 Å². The molecule has 0 spiro atoms. The predicted octanol–water partition coefficient (Wildman–Crippen LogP) is 2.00. The first-order valence-corrected chi connectivity index (χ1v) is 3.94. The summed E-state index contributed by atoms with van der Waals surface area (Å²) in [4.78, 5) is 16.2. The Bertz CT molecular complexity index is 230. The normalized spacial score (nSPS) is 8.17. The van der Waals surface area contributed by atoms with Crippen molar-refractivity contribution in [1.29, 1.82) is 0 Å². The van der Waals surface area contributed by atoms with Crippen molar-refractivity contribution < 1.29 is 14.0 Å². The fourth-order valence-corrected chi connectivity index (χ4v) is 0.828. The van der Waals surface area contributed by atoms with E-state index in [0.717, 1.165) is 17.9 Å². The van der Waals surface area contributed by atoms with Gasteiger partial charge in [0.25, 0.3) is 0 Å². The molecule has 0 aliphatic heterocycles. The van der Waals surface area contributed by atoms with Crippen LogP contribution in [0.25, 0.3) is 0 Å². The second-order valence-electron chi connectivity index (χ2n) is 1.94. The van der Waals surface area contributed by atoms with Gasteiger partial charge in [0.2, 0.25) is 0 Å². The molecular weight excluding hydrogens is 180 g/mol. The molecule has 3 nitrogen and oxygen atoms in total. The van der Waals surface area contributed by atoms with Gasteiger partial charge in [0.1, 0.15) is 11.5 Å². The number of halogens is 1. The zero-order valence-corrected chi connectivity index (χ0v) is 7.43. The number of alkyl halides is 1. The third kappa shape index (κ3) is 3.96. The van der Waals surface area contributed by atoms with Crippen molar-refractivity contribution in [1.82, 2.24) is 0 Å². The Kier molecular flexibility index (Phi) is 6.07. The SMILES string of the molecule is CCc1ccc(CCl)o1.O=C=O. The van der Waals surface area contributed by atoms with E-state index in [0.29, 0.717) is 5.88 Å². The number of aryl methyl sites for hydroxylation is 1. The summed E-state index contributed by atoms with van der Waals surface area (Å²) in [6, 6.07) is 3.86. The molecule has 0 bridgehead atoms. The van der Waals surface area contributed by atoms with Gasteiger partial charge in [-0.3, -0.25) is 0 Å². The van der Waals surface area contributed by atoms with E-state index in [1.54, 1.807) is 0 Å². The van der Waals surface area contributed by atoms with Crippen LogP contribution in [-0.2, 0) is 21.9 Å². The molecule has 0 fully saturated rings. The minimum absolute atomic E-state index is 0.250. The lowest BCUT2D eigenvalue weighted by Gasteiger charge is -1.85. The van der Waals surface area contributed by atoms with Crippen LogP contribution in [-0.4, -0.2) is 6.15 Å². The van der Waals surface area contributed by atoms with E-state index < -0.39 is 0 Å². The summed E-state index contributed by atoms with van der Waals surface area (Å²) in [5, 5.41) is 0. The molecule has 0 aliphatic carbocycles. The molecular formula is C8H9ClO3. The number of hydrogen-bond donors (Lipinski definition) is 0. The van der Waals surface area contributed by atoms with Gasteiger partial charge in [-0.25, -0.2) is 0 Å². The minimum Gasteiger partial charge on any atom is -0.465 e. The van der Waals surface area contributed by atoms with E-state index >= 15 is 0 Å². The summed E-state index contributed by atoms with van der Waals surface area (Å²) in [6.07, 6.45) is 1.19. The maximum atomic E-state index is 8.12. The minimum atomic E-state index is 0.250. The maximum absolute atomic E-state index is 8.12. The summed E-state index contributed by atoms with van der Waals surface area (Å²) in [7, 11) is 0. The predicted molar refractivity (Wildman–Crippen MR) is 42.7 cm³/mol. The van der Waals surface area contributed by atoms with Crippen molar-refractivity contribution >= 4 is 17.8 Å². The molecule has 0 N–H and O–H groups in total. The highest BCUT2D eigenvalue weighted by atomic mass is 35.5. The van der Waals surface area contributed by atoms with E-state index in [-0.39, 0.29) is 6.15 Å². The lowest BCUT2D eigenvalue weighted by atomic mass is 10.4. The molecule has 66 valence electrons. The van der Waals surface area contributed by atoms with Crippen molar-refractivity contribution in [3.8, 4) is 0 Å². The molecule has 0 unspecified atom stereocenters. The Morgan fingerprint density at radius 2 is 1.92 bits per heavy atom. The van der Waals surface area contributed by atoms with E-state index in [1.807, 2.05) is 12.1 Å². The summed E-state index contributed by atoms with van der Waals surface area (Å²) in [6.45, 7) is 2.05. The van der Waals surface area contributed by atoms with Gasteiger partial charge in [-0.2, -0.15) is 9.59 Å². The van der Waals surface area contributed by atoms with Crippen molar-refractivity contribution in [2.75, 3.05) is 0 Å². The van der Waals surface area contributed by atoms with Crippen LogP contribution in [0, 0.1) is 0 Å². The Morgan fingerprint density at radius 3 is 2.17 bits per heavy atom. The second-order valence-corrected chi connectivity index (χ2v) is 2.21. The zero-order valence-electron chi connectivity index (χ0n) is 6.67. The van der Waals surface area contributed by atoms with E-state index in [2.05, 4.69) is 6.92 Å². The average Bonchev–Trinajstić information content (AvgIpc) is 2.53. The molecule has 0 atom stereocenters. The molecule has 1 aromatic heterocycles. The maximum Gasteiger partial charge on any atom is 0.373 e. The molecule has 0 aliphatic rings. The lowest BCUT2D eigenvalue weighted by Crippen LogP contribution is -1.70. The summed E-state index contributed by atoms with van der Waals surface area (Å²) >= 11 is 5.50. The molecule has 1 rings (SSSR count). The number of carbonyl (C=O) groups excluding carboxylic acids is 2. The fraction of sp³-hybridized carbons (Fsp3) is 0.375.